The van der Waals surface area contributed by atoms with Crippen molar-refractivity contribution >= 4 is 28.6 Å². The lowest BCUT2D eigenvalue weighted by molar-refractivity contribution is -0.115. The maximum Gasteiger partial charge on any atom is 0.230 e. The minimum Gasteiger partial charge on any atom is -0.367 e. The number of aryl methyl sites for hydroxylation is 1. The minimum absolute atomic E-state index is 0.0243. The van der Waals surface area contributed by atoms with Crippen molar-refractivity contribution in [2.75, 3.05) is 42.9 Å². The SMILES string of the molecule is Cc1nc(CC(=O)Nc2ccccc2N2CCN(CCc3ccncc3)CC2)cs1. The number of piperazine rings is 1. The molecular formula is C23H27N5OS. The molecule has 6 nitrogen and oxygen atoms in total. The third-order valence-corrected chi connectivity index (χ3v) is 6.19. The molecule has 1 aliphatic rings. The number of rotatable bonds is 7. The predicted octanol–water partition coefficient (Wildman–Crippen LogP) is 3.39. The second-order valence-electron chi connectivity index (χ2n) is 7.53. The number of carbonyl (C=O) groups excluding carboxylic acids is 1. The Bertz CT molecular complexity index is 966. The molecule has 4 rings (SSSR count). The van der Waals surface area contributed by atoms with E-state index in [0.29, 0.717) is 6.42 Å². The van der Waals surface area contributed by atoms with Gasteiger partial charge in [-0.05, 0) is 43.2 Å². The van der Waals surface area contributed by atoms with Crippen LogP contribution in [0.15, 0.2) is 54.2 Å². The zero-order valence-electron chi connectivity index (χ0n) is 17.3. The number of carbonyl (C=O) groups is 1. The van der Waals surface area contributed by atoms with Crippen molar-refractivity contribution in [3.63, 3.8) is 0 Å². The Morgan fingerprint density at radius 3 is 2.60 bits per heavy atom. The smallest absolute Gasteiger partial charge is 0.230 e. The molecule has 0 saturated carbocycles. The van der Waals surface area contributed by atoms with Gasteiger partial charge in [0.25, 0.3) is 0 Å². The standard InChI is InChI=1S/C23H27N5OS/c1-18-25-20(17-30-18)16-23(29)26-21-4-2-3-5-22(21)28-14-12-27(13-15-28)11-8-19-6-9-24-10-7-19/h2-7,9-10,17H,8,11-16H2,1H3,(H,26,29). The van der Waals surface area contributed by atoms with Crippen LogP contribution in [0.3, 0.4) is 0 Å². The molecule has 2 aromatic heterocycles. The minimum atomic E-state index is -0.0243. The average Bonchev–Trinajstić information content (AvgIpc) is 3.18. The Hall–Kier alpha value is -2.77. The molecule has 0 unspecified atom stereocenters. The molecule has 0 spiro atoms. The van der Waals surface area contributed by atoms with Crippen LogP contribution in [-0.4, -0.2) is 53.5 Å². The number of aromatic nitrogens is 2. The molecule has 3 heterocycles. The summed E-state index contributed by atoms with van der Waals surface area (Å²) in [5.74, 6) is -0.0243. The molecule has 3 aromatic rings. The number of amides is 1. The first-order chi connectivity index (χ1) is 14.7. The Labute approximate surface area is 181 Å². The van der Waals surface area contributed by atoms with E-state index in [1.165, 1.54) is 5.56 Å². The number of thiazole rings is 1. The van der Waals surface area contributed by atoms with Crippen LogP contribution >= 0.6 is 11.3 Å². The van der Waals surface area contributed by atoms with Gasteiger partial charge in [-0.1, -0.05) is 12.1 Å². The van der Waals surface area contributed by atoms with Crippen molar-refractivity contribution in [2.45, 2.75) is 19.8 Å². The van der Waals surface area contributed by atoms with Crippen molar-refractivity contribution in [3.05, 3.63) is 70.4 Å². The van der Waals surface area contributed by atoms with Crippen LogP contribution in [0, 0.1) is 6.92 Å². The lowest BCUT2D eigenvalue weighted by Gasteiger charge is -2.37. The van der Waals surface area contributed by atoms with Crippen molar-refractivity contribution < 1.29 is 4.79 Å². The quantitative estimate of drug-likeness (QED) is 0.634. The summed E-state index contributed by atoms with van der Waals surface area (Å²) in [7, 11) is 0. The van der Waals surface area contributed by atoms with Gasteiger partial charge in [-0.15, -0.1) is 11.3 Å². The van der Waals surface area contributed by atoms with Gasteiger partial charge in [-0.2, -0.15) is 0 Å². The molecule has 1 aliphatic heterocycles. The number of nitrogens with zero attached hydrogens (tertiary/aromatic N) is 4. The molecule has 7 heteroatoms. The Kier molecular flexibility index (Phi) is 6.71. The number of anilines is 2. The number of hydrogen-bond acceptors (Lipinski definition) is 6. The highest BCUT2D eigenvalue weighted by Gasteiger charge is 2.20. The maximum absolute atomic E-state index is 12.5. The van der Waals surface area contributed by atoms with Gasteiger partial charge in [0.2, 0.25) is 5.91 Å². The van der Waals surface area contributed by atoms with Crippen molar-refractivity contribution in [2.24, 2.45) is 0 Å². The fraction of sp³-hybridized carbons (Fsp3) is 0.348. The topological polar surface area (TPSA) is 61.4 Å². The van der Waals surface area contributed by atoms with Gasteiger partial charge in [0, 0.05) is 50.5 Å². The molecule has 1 amide bonds. The highest BCUT2D eigenvalue weighted by Crippen LogP contribution is 2.27. The number of nitrogens with one attached hydrogen (secondary N) is 1. The molecule has 1 N–H and O–H groups in total. The summed E-state index contributed by atoms with van der Waals surface area (Å²) < 4.78 is 0. The van der Waals surface area contributed by atoms with E-state index < -0.39 is 0 Å². The lowest BCUT2D eigenvalue weighted by atomic mass is 10.1. The van der Waals surface area contributed by atoms with E-state index in [1.54, 1.807) is 11.3 Å². The first-order valence-electron chi connectivity index (χ1n) is 10.3. The first-order valence-corrected chi connectivity index (χ1v) is 11.2. The summed E-state index contributed by atoms with van der Waals surface area (Å²) in [5.41, 5.74) is 4.12. The monoisotopic (exact) mass is 421 g/mol. The summed E-state index contributed by atoms with van der Waals surface area (Å²) in [6.07, 6.45) is 5.06. The molecule has 0 atom stereocenters. The molecule has 0 aliphatic carbocycles. The van der Waals surface area contributed by atoms with Crippen LogP contribution in [0.4, 0.5) is 11.4 Å². The second-order valence-corrected chi connectivity index (χ2v) is 8.60. The van der Waals surface area contributed by atoms with Crippen molar-refractivity contribution in [1.82, 2.24) is 14.9 Å². The molecular weight excluding hydrogens is 394 g/mol. The highest BCUT2D eigenvalue weighted by atomic mass is 32.1. The third kappa shape index (κ3) is 5.43. The molecule has 0 bridgehead atoms. The molecule has 1 saturated heterocycles. The van der Waals surface area contributed by atoms with Crippen LogP contribution in [0.5, 0.6) is 0 Å². The molecule has 1 fully saturated rings. The molecule has 30 heavy (non-hydrogen) atoms. The zero-order chi connectivity index (χ0) is 20.8. The maximum atomic E-state index is 12.5. The van der Waals surface area contributed by atoms with E-state index in [1.807, 2.05) is 42.9 Å². The number of benzene rings is 1. The van der Waals surface area contributed by atoms with Gasteiger partial charge in [0.1, 0.15) is 0 Å². The Morgan fingerprint density at radius 2 is 1.87 bits per heavy atom. The summed E-state index contributed by atoms with van der Waals surface area (Å²) in [6, 6.07) is 12.2. The Morgan fingerprint density at radius 1 is 1.10 bits per heavy atom. The number of para-hydroxylation sites is 2. The van der Waals surface area contributed by atoms with E-state index in [4.69, 9.17) is 0 Å². The van der Waals surface area contributed by atoms with E-state index >= 15 is 0 Å². The summed E-state index contributed by atoms with van der Waals surface area (Å²) in [4.78, 5) is 25.9. The van der Waals surface area contributed by atoms with E-state index in [9.17, 15) is 4.79 Å². The molecule has 156 valence electrons. The molecule has 1 aromatic carbocycles. The van der Waals surface area contributed by atoms with Gasteiger partial charge in [-0.25, -0.2) is 4.98 Å². The van der Waals surface area contributed by atoms with Gasteiger partial charge < -0.3 is 10.2 Å². The van der Waals surface area contributed by atoms with Crippen LogP contribution in [0.25, 0.3) is 0 Å². The fourth-order valence-corrected chi connectivity index (χ4v) is 4.37. The normalized spacial score (nSPS) is 14.6. The van der Waals surface area contributed by atoms with Gasteiger partial charge >= 0.3 is 0 Å². The predicted molar refractivity (Wildman–Crippen MR) is 122 cm³/mol. The van der Waals surface area contributed by atoms with Crippen LogP contribution in [0.1, 0.15) is 16.3 Å². The fourth-order valence-electron chi connectivity index (χ4n) is 3.75. The summed E-state index contributed by atoms with van der Waals surface area (Å²) >= 11 is 1.57. The number of hydrogen-bond donors (Lipinski definition) is 1. The summed E-state index contributed by atoms with van der Waals surface area (Å²) in [6.45, 7) is 6.96. The zero-order valence-corrected chi connectivity index (χ0v) is 18.1. The summed E-state index contributed by atoms with van der Waals surface area (Å²) in [5, 5.41) is 6.02. The number of pyridine rings is 1. The van der Waals surface area contributed by atoms with Crippen molar-refractivity contribution in [1.29, 1.82) is 0 Å². The van der Waals surface area contributed by atoms with E-state index in [-0.39, 0.29) is 5.91 Å². The van der Waals surface area contributed by atoms with E-state index in [0.717, 1.165) is 61.2 Å². The first kappa shape index (κ1) is 20.5. The second kappa shape index (κ2) is 9.82. The Balaban J connectivity index is 1.32. The van der Waals surface area contributed by atoms with Gasteiger partial charge in [-0.3, -0.25) is 14.7 Å². The van der Waals surface area contributed by atoms with Crippen LogP contribution in [0.2, 0.25) is 0 Å². The van der Waals surface area contributed by atoms with Gasteiger partial charge in [0.05, 0.1) is 28.5 Å². The average molecular weight is 422 g/mol. The largest absolute Gasteiger partial charge is 0.367 e. The molecule has 0 radical (unpaired) electrons. The van der Waals surface area contributed by atoms with E-state index in [2.05, 4.69) is 43.3 Å². The van der Waals surface area contributed by atoms with Crippen LogP contribution < -0.4 is 10.2 Å². The highest BCUT2D eigenvalue weighted by molar-refractivity contribution is 7.09. The van der Waals surface area contributed by atoms with Crippen molar-refractivity contribution in [3.8, 4) is 0 Å². The lowest BCUT2D eigenvalue weighted by Crippen LogP contribution is -2.47. The third-order valence-electron chi connectivity index (χ3n) is 5.37. The van der Waals surface area contributed by atoms with Gasteiger partial charge in [0.15, 0.2) is 0 Å². The van der Waals surface area contributed by atoms with Crippen LogP contribution in [-0.2, 0) is 17.6 Å².